The molecule has 0 amide bonds. The number of halogens is 1. The molecule has 134 valence electrons. The van der Waals surface area contributed by atoms with Gasteiger partial charge in [0.25, 0.3) is 0 Å². The van der Waals surface area contributed by atoms with Crippen molar-refractivity contribution < 1.29 is 14.3 Å². The van der Waals surface area contributed by atoms with Crippen LogP contribution in [0.5, 0.6) is 5.88 Å². The third-order valence-corrected chi connectivity index (χ3v) is 9.88. The molecule has 0 unspecified atom stereocenters. The highest BCUT2D eigenvalue weighted by Crippen LogP contribution is 2.37. The van der Waals surface area contributed by atoms with Crippen LogP contribution in [0.4, 0.5) is 0 Å². The SMILES string of the molecule is CC(C)Oc1nn(C[C@H](C)O[Si](C)(C)C(C)(C)C)c(CO)c1I. The second kappa shape index (κ2) is 7.84. The van der Waals surface area contributed by atoms with Crippen molar-refractivity contribution in [3.63, 3.8) is 0 Å². The smallest absolute Gasteiger partial charge is 0.247 e. The van der Waals surface area contributed by atoms with Gasteiger partial charge in [-0.1, -0.05) is 20.8 Å². The Morgan fingerprint density at radius 2 is 1.83 bits per heavy atom. The van der Waals surface area contributed by atoms with E-state index in [-0.39, 0.29) is 23.9 Å². The lowest BCUT2D eigenvalue weighted by Crippen LogP contribution is -2.44. The fraction of sp³-hybridized carbons (Fsp3) is 0.812. The third-order valence-electron chi connectivity index (χ3n) is 4.19. The summed E-state index contributed by atoms with van der Waals surface area (Å²) < 4.78 is 14.8. The van der Waals surface area contributed by atoms with E-state index in [0.717, 1.165) is 9.26 Å². The zero-order valence-electron chi connectivity index (χ0n) is 15.6. The number of aliphatic hydroxyl groups is 1. The fourth-order valence-corrected chi connectivity index (χ4v) is 4.13. The van der Waals surface area contributed by atoms with Gasteiger partial charge in [-0.15, -0.1) is 5.10 Å². The topological polar surface area (TPSA) is 56.5 Å². The van der Waals surface area contributed by atoms with Gasteiger partial charge in [-0.2, -0.15) is 0 Å². The van der Waals surface area contributed by atoms with Crippen LogP contribution in [0, 0.1) is 3.57 Å². The van der Waals surface area contributed by atoms with Gasteiger partial charge in [-0.3, -0.25) is 4.68 Å². The maximum absolute atomic E-state index is 9.67. The van der Waals surface area contributed by atoms with Crippen LogP contribution in [0.25, 0.3) is 0 Å². The van der Waals surface area contributed by atoms with Crippen LogP contribution in [0.3, 0.4) is 0 Å². The lowest BCUT2D eigenvalue weighted by atomic mass is 10.2. The highest BCUT2D eigenvalue weighted by atomic mass is 127. The normalized spacial score (nSPS) is 14.4. The van der Waals surface area contributed by atoms with Crippen LogP contribution in [0.2, 0.25) is 18.1 Å². The number of nitrogens with zero attached hydrogens (tertiary/aromatic N) is 2. The van der Waals surface area contributed by atoms with Gasteiger partial charge in [-0.05, 0) is 61.5 Å². The van der Waals surface area contributed by atoms with Crippen LogP contribution in [0.1, 0.15) is 47.2 Å². The second-order valence-electron chi connectivity index (χ2n) is 7.76. The average Bonchev–Trinajstić information content (AvgIpc) is 2.62. The number of aromatic nitrogens is 2. The monoisotopic (exact) mass is 454 g/mol. The fourth-order valence-electron chi connectivity index (χ4n) is 2.01. The third kappa shape index (κ3) is 5.44. The standard InChI is InChI=1S/C16H31IN2O3Si/c1-11(2)21-15-14(17)13(10-20)19(18-15)9-12(3)22-23(7,8)16(4,5)6/h11-12,20H,9-10H2,1-8H3/t12-/m0/s1. The summed E-state index contributed by atoms with van der Waals surface area (Å²) in [6.07, 6.45) is 0.0862. The largest absolute Gasteiger partial charge is 0.473 e. The Labute approximate surface area is 155 Å². The molecular formula is C16H31IN2O3Si. The number of hydrogen-bond donors (Lipinski definition) is 1. The minimum atomic E-state index is -1.82. The van der Waals surface area contributed by atoms with Crippen molar-refractivity contribution in [2.75, 3.05) is 0 Å². The maximum atomic E-state index is 9.67. The van der Waals surface area contributed by atoms with Crippen LogP contribution < -0.4 is 4.74 Å². The van der Waals surface area contributed by atoms with E-state index >= 15 is 0 Å². The van der Waals surface area contributed by atoms with Crippen molar-refractivity contribution in [1.82, 2.24) is 9.78 Å². The van der Waals surface area contributed by atoms with Gasteiger partial charge in [-0.25, -0.2) is 0 Å². The minimum absolute atomic E-state index is 0.0313. The van der Waals surface area contributed by atoms with E-state index in [1.54, 1.807) is 0 Å². The van der Waals surface area contributed by atoms with E-state index in [1.165, 1.54) is 0 Å². The van der Waals surface area contributed by atoms with Crippen LogP contribution in [-0.2, 0) is 17.6 Å². The zero-order chi connectivity index (χ0) is 18.0. The highest BCUT2D eigenvalue weighted by Gasteiger charge is 2.38. The van der Waals surface area contributed by atoms with Crippen molar-refractivity contribution >= 4 is 30.9 Å². The molecule has 1 aromatic heterocycles. The number of aliphatic hydroxyl groups excluding tert-OH is 1. The molecule has 0 aliphatic rings. The number of ether oxygens (including phenoxy) is 1. The summed E-state index contributed by atoms with van der Waals surface area (Å²) in [6, 6.07) is 0. The molecule has 1 heterocycles. The van der Waals surface area contributed by atoms with Crippen molar-refractivity contribution in [2.24, 2.45) is 0 Å². The van der Waals surface area contributed by atoms with E-state index < -0.39 is 8.32 Å². The van der Waals surface area contributed by atoms with E-state index in [1.807, 2.05) is 18.5 Å². The summed E-state index contributed by atoms with van der Waals surface area (Å²) >= 11 is 2.18. The van der Waals surface area contributed by atoms with Gasteiger partial charge in [0.2, 0.25) is 5.88 Å². The number of rotatable bonds is 7. The lowest BCUT2D eigenvalue weighted by molar-refractivity contribution is 0.166. The zero-order valence-corrected chi connectivity index (χ0v) is 18.8. The molecule has 0 fully saturated rings. The molecule has 1 N–H and O–H groups in total. The van der Waals surface area contributed by atoms with E-state index in [0.29, 0.717) is 12.4 Å². The lowest BCUT2D eigenvalue weighted by Gasteiger charge is -2.38. The Hall–Kier alpha value is -0.123. The van der Waals surface area contributed by atoms with Crippen LogP contribution >= 0.6 is 22.6 Å². The first-order valence-electron chi connectivity index (χ1n) is 8.09. The summed E-state index contributed by atoms with van der Waals surface area (Å²) in [5.41, 5.74) is 0.784. The highest BCUT2D eigenvalue weighted by molar-refractivity contribution is 14.1. The molecule has 23 heavy (non-hydrogen) atoms. The molecule has 1 aromatic rings. The van der Waals surface area contributed by atoms with Gasteiger partial charge in [0.1, 0.15) is 3.57 Å². The Balaban J connectivity index is 2.92. The summed E-state index contributed by atoms with van der Waals surface area (Å²) in [7, 11) is -1.82. The van der Waals surface area contributed by atoms with E-state index in [4.69, 9.17) is 9.16 Å². The van der Waals surface area contributed by atoms with Crippen molar-refractivity contribution in [1.29, 1.82) is 0 Å². The van der Waals surface area contributed by atoms with Gasteiger partial charge in [0, 0.05) is 0 Å². The molecule has 7 heteroatoms. The van der Waals surface area contributed by atoms with E-state index in [2.05, 4.69) is 68.5 Å². The molecular weight excluding hydrogens is 423 g/mol. The maximum Gasteiger partial charge on any atom is 0.247 e. The number of hydrogen-bond acceptors (Lipinski definition) is 4. The van der Waals surface area contributed by atoms with Gasteiger partial charge in [0.05, 0.1) is 31.1 Å². The molecule has 0 radical (unpaired) electrons. The molecule has 0 spiro atoms. The van der Waals surface area contributed by atoms with Crippen molar-refractivity contribution in [2.45, 2.75) is 85.0 Å². The molecule has 0 aliphatic carbocycles. The van der Waals surface area contributed by atoms with Gasteiger partial charge < -0.3 is 14.3 Å². The Bertz CT molecular complexity index is 524. The first kappa shape index (κ1) is 20.9. The summed E-state index contributed by atoms with van der Waals surface area (Å²) in [5, 5.41) is 14.4. The summed E-state index contributed by atoms with van der Waals surface area (Å²) in [6.45, 7) is 17.8. The summed E-state index contributed by atoms with van der Waals surface area (Å²) in [4.78, 5) is 0. The van der Waals surface area contributed by atoms with Crippen molar-refractivity contribution in [3.8, 4) is 5.88 Å². The van der Waals surface area contributed by atoms with Crippen LogP contribution in [0.15, 0.2) is 0 Å². The Kier molecular flexibility index (Phi) is 7.13. The molecule has 0 saturated heterocycles. The Morgan fingerprint density at radius 3 is 2.26 bits per heavy atom. The minimum Gasteiger partial charge on any atom is -0.473 e. The summed E-state index contributed by atoms with van der Waals surface area (Å²) in [5.74, 6) is 0.587. The quantitative estimate of drug-likeness (QED) is 0.496. The average molecular weight is 454 g/mol. The molecule has 0 aromatic carbocycles. The molecule has 5 nitrogen and oxygen atoms in total. The van der Waals surface area contributed by atoms with E-state index in [9.17, 15) is 5.11 Å². The van der Waals surface area contributed by atoms with Crippen molar-refractivity contribution in [3.05, 3.63) is 9.26 Å². The molecule has 0 saturated carbocycles. The van der Waals surface area contributed by atoms with Gasteiger partial charge >= 0.3 is 0 Å². The van der Waals surface area contributed by atoms with Crippen LogP contribution in [-0.4, -0.2) is 35.4 Å². The molecule has 0 bridgehead atoms. The predicted molar refractivity (Wildman–Crippen MR) is 104 cm³/mol. The second-order valence-corrected chi connectivity index (χ2v) is 13.6. The van der Waals surface area contributed by atoms with Gasteiger partial charge in [0.15, 0.2) is 8.32 Å². The predicted octanol–water partition coefficient (Wildman–Crippen LogP) is 4.18. The molecule has 0 aliphatic heterocycles. The molecule has 1 rings (SSSR count). The first-order chi connectivity index (χ1) is 10.4. The molecule has 1 atom stereocenters. The Morgan fingerprint density at radius 1 is 1.26 bits per heavy atom. The first-order valence-corrected chi connectivity index (χ1v) is 12.1.